The van der Waals surface area contributed by atoms with Gasteiger partial charge in [0, 0.05) is 44.8 Å². The first-order chi connectivity index (χ1) is 22.0. The van der Waals surface area contributed by atoms with Gasteiger partial charge in [-0.25, -0.2) is 4.79 Å². The number of methoxy groups -OCH3 is 2. The monoisotopic (exact) mass is 607 g/mol. The second-order valence-corrected chi connectivity index (χ2v) is 11.0. The standard InChI is InChI=1S/C34H37N7O4/c1-25-21-35-41-31(25)36-32(38-17-19-39(20-18-38)34(42)45-24-28-7-5-4-6-8-28)37-33(41)40(22-26-9-13-29(43-2)14-10-26)23-27-11-15-30(44-3)16-12-27/h4-16,21H,17-20,22-24H2,1-3H3. The van der Waals surface area contributed by atoms with Crippen LogP contribution in [0, 0.1) is 6.92 Å². The van der Waals surface area contributed by atoms with Crippen LogP contribution >= 0.6 is 0 Å². The number of aryl methyl sites for hydroxylation is 1. The molecule has 0 bridgehead atoms. The summed E-state index contributed by atoms with van der Waals surface area (Å²) < 4.78 is 18.1. The number of rotatable bonds is 10. The molecule has 45 heavy (non-hydrogen) atoms. The van der Waals surface area contributed by atoms with Gasteiger partial charge in [0.1, 0.15) is 18.1 Å². The Kier molecular flexibility index (Phi) is 8.95. The average molecular weight is 608 g/mol. The number of aromatic nitrogens is 4. The Hall–Kier alpha value is -5.32. The molecule has 11 nitrogen and oxygen atoms in total. The Morgan fingerprint density at radius 2 is 1.38 bits per heavy atom. The Labute approximate surface area is 262 Å². The van der Waals surface area contributed by atoms with Crippen molar-refractivity contribution in [1.29, 1.82) is 0 Å². The fourth-order valence-electron chi connectivity index (χ4n) is 5.31. The van der Waals surface area contributed by atoms with Gasteiger partial charge in [-0.15, -0.1) is 0 Å². The van der Waals surface area contributed by atoms with Gasteiger partial charge in [-0.2, -0.15) is 19.6 Å². The smallest absolute Gasteiger partial charge is 0.410 e. The van der Waals surface area contributed by atoms with E-state index in [2.05, 4.69) is 39.2 Å². The molecule has 1 fully saturated rings. The van der Waals surface area contributed by atoms with Crippen molar-refractivity contribution in [2.45, 2.75) is 26.6 Å². The Bertz CT molecular complexity index is 1670. The summed E-state index contributed by atoms with van der Waals surface area (Å²) in [4.78, 5) is 28.9. The number of carbonyl (C=O) groups excluding carboxylic acids is 1. The third-order valence-corrected chi connectivity index (χ3v) is 7.89. The molecule has 6 rings (SSSR count). The summed E-state index contributed by atoms with van der Waals surface area (Å²) in [5.41, 5.74) is 4.86. The number of benzene rings is 3. The summed E-state index contributed by atoms with van der Waals surface area (Å²) in [6.07, 6.45) is 1.50. The van der Waals surface area contributed by atoms with Gasteiger partial charge >= 0.3 is 6.09 Å². The fraction of sp³-hybridized carbons (Fsp3) is 0.294. The van der Waals surface area contributed by atoms with E-state index in [1.807, 2.05) is 72.2 Å². The SMILES string of the molecule is COc1ccc(CN(Cc2ccc(OC)cc2)c2nc(N3CCN(C(=O)OCc4ccccc4)CC3)nc3c(C)cnn23)cc1. The van der Waals surface area contributed by atoms with Crippen molar-refractivity contribution < 1.29 is 19.0 Å². The second kappa shape index (κ2) is 13.5. The van der Waals surface area contributed by atoms with E-state index >= 15 is 0 Å². The summed E-state index contributed by atoms with van der Waals surface area (Å²) in [6.45, 7) is 5.61. The van der Waals surface area contributed by atoms with E-state index in [-0.39, 0.29) is 12.7 Å². The van der Waals surface area contributed by atoms with Crippen LogP contribution in [-0.4, -0.2) is 71.0 Å². The number of hydrogen-bond acceptors (Lipinski definition) is 9. The van der Waals surface area contributed by atoms with Gasteiger partial charge in [-0.05, 0) is 47.9 Å². The minimum Gasteiger partial charge on any atom is -0.497 e. The average Bonchev–Trinajstić information content (AvgIpc) is 3.48. The van der Waals surface area contributed by atoms with E-state index in [9.17, 15) is 4.79 Å². The molecule has 0 N–H and O–H groups in total. The number of nitrogens with zero attached hydrogens (tertiary/aromatic N) is 7. The van der Waals surface area contributed by atoms with Crippen LogP contribution in [-0.2, 0) is 24.4 Å². The maximum absolute atomic E-state index is 12.8. The van der Waals surface area contributed by atoms with Crippen LogP contribution in [0.4, 0.5) is 16.7 Å². The first-order valence-electron chi connectivity index (χ1n) is 14.9. The van der Waals surface area contributed by atoms with E-state index in [0.717, 1.165) is 39.4 Å². The number of carbonyl (C=O) groups is 1. The molecule has 0 saturated carbocycles. The van der Waals surface area contributed by atoms with E-state index in [0.29, 0.717) is 51.2 Å². The van der Waals surface area contributed by atoms with Crippen molar-refractivity contribution in [3.8, 4) is 11.5 Å². The molecule has 0 atom stereocenters. The number of piperazine rings is 1. The largest absolute Gasteiger partial charge is 0.497 e. The van der Waals surface area contributed by atoms with Crippen molar-refractivity contribution in [3.05, 3.63) is 107 Å². The number of hydrogen-bond donors (Lipinski definition) is 0. The zero-order chi connectivity index (χ0) is 31.2. The molecule has 0 spiro atoms. The molecule has 11 heteroatoms. The minimum absolute atomic E-state index is 0.252. The number of fused-ring (bicyclic) bond motifs is 1. The van der Waals surface area contributed by atoms with Crippen LogP contribution < -0.4 is 19.3 Å². The van der Waals surface area contributed by atoms with Gasteiger partial charge in [0.2, 0.25) is 11.9 Å². The number of anilines is 2. The molecular formula is C34H37N7O4. The molecule has 1 amide bonds. The molecule has 232 valence electrons. The molecule has 3 aromatic carbocycles. The first-order valence-corrected chi connectivity index (χ1v) is 14.9. The Balaban J connectivity index is 1.25. The lowest BCUT2D eigenvalue weighted by atomic mass is 10.1. The third kappa shape index (κ3) is 6.93. The highest BCUT2D eigenvalue weighted by atomic mass is 16.6. The van der Waals surface area contributed by atoms with E-state index in [1.165, 1.54) is 0 Å². The molecule has 5 aromatic rings. The lowest BCUT2D eigenvalue weighted by Gasteiger charge is -2.34. The molecule has 0 unspecified atom stereocenters. The molecule has 0 aliphatic carbocycles. The van der Waals surface area contributed by atoms with E-state index in [4.69, 9.17) is 24.2 Å². The number of ether oxygens (including phenoxy) is 3. The maximum Gasteiger partial charge on any atom is 0.410 e. The maximum atomic E-state index is 12.8. The Morgan fingerprint density at radius 1 is 0.778 bits per heavy atom. The van der Waals surface area contributed by atoms with Crippen LogP contribution in [0.25, 0.3) is 5.65 Å². The first kappa shape index (κ1) is 29.7. The van der Waals surface area contributed by atoms with Crippen molar-refractivity contribution in [2.24, 2.45) is 0 Å². The molecule has 2 aromatic heterocycles. The van der Waals surface area contributed by atoms with Crippen molar-refractivity contribution in [2.75, 3.05) is 50.2 Å². The predicted molar refractivity (Wildman–Crippen MR) is 172 cm³/mol. The summed E-state index contributed by atoms with van der Waals surface area (Å²) in [7, 11) is 3.33. The Morgan fingerprint density at radius 3 is 1.96 bits per heavy atom. The van der Waals surface area contributed by atoms with Gasteiger partial charge in [-0.3, -0.25) is 0 Å². The van der Waals surface area contributed by atoms with Crippen LogP contribution in [0.5, 0.6) is 11.5 Å². The van der Waals surface area contributed by atoms with E-state index in [1.54, 1.807) is 19.1 Å². The molecule has 3 heterocycles. The lowest BCUT2D eigenvalue weighted by Crippen LogP contribution is -2.49. The second-order valence-electron chi connectivity index (χ2n) is 11.0. The molecule has 1 aliphatic heterocycles. The quantitative estimate of drug-likeness (QED) is 0.214. The van der Waals surface area contributed by atoms with Crippen LogP contribution in [0.1, 0.15) is 22.3 Å². The summed E-state index contributed by atoms with van der Waals surface area (Å²) >= 11 is 0. The zero-order valence-corrected chi connectivity index (χ0v) is 25.8. The molecular weight excluding hydrogens is 570 g/mol. The minimum atomic E-state index is -0.313. The van der Waals surface area contributed by atoms with E-state index < -0.39 is 0 Å². The third-order valence-electron chi connectivity index (χ3n) is 7.89. The zero-order valence-electron chi connectivity index (χ0n) is 25.8. The van der Waals surface area contributed by atoms with Crippen molar-refractivity contribution >= 4 is 23.6 Å². The fourth-order valence-corrected chi connectivity index (χ4v) is 5.31. The summed E-state index contributed by atoms with van der Waals surface area (Å²) in [5.74, 6) is 2.89. The van der Waals surface area contributed by atoms with Crippen molar-refractivity contribution in [1.82, 2.24) is 24.5 Å². The van der Waals surface area contributed by atoms with Gasteiger partial charge in [0.15, 0.2) is 5.65 Å². The van der Waals surface area contributed by atoms with Gasteiger partial charge in [0.25, 0.3) is 0 Å². The van der Waals surface area contributed by atoms with Crippen LogP contribution in [0.3, 0.4) is 0 Å². The van der Waals surface area contributed by atoms with Gasteiger partial charge in [0.05, 0.1) is 20.4 Å². The predicted octanol–water partition coefficient (Wildman–Crippen LogP) is 5.12. The van der Waals surface area contributed by atoms with Gasteiger partial charge < -0.3 is 28.9 Å². The topological polar surface area (TPSA) is 97.6 Å². The van der Waals surface area contributed by atoms with Crippen LogP contribution in [0.15, 0.2) is 85.1 Å². The highest BCUT2D eigenvalue weighted by Crippen LogP contribution is 2.26. The highest BCUT2D eigenvalue weighted by Gasteiger charge is 2.26. The molecule has 0 radical (unpaired) electrons. The summed E-state index contributed by atoms with van der Waals surface area (Å²) in [6, 6.07) is 25.8. The van der Waals surface area contributed by atoms with Gasteiger partial charge in [-0.1, -0.05) is 54.6 Å². The lowest BCUT2D eigenvalue weighted by molar-refractivity contribution is 0.0940. The molecule has 1 saturated heterocycles. The molecule has 1 aliphatic rings. The normalized spacial score (nSPS) is 13.1. The summed E-state index contributed by atoms with van der Waals surface area (Å²) in [5, 5.41) is 4.67. The van der Waals surface area contributed by atoms with Crippen LogP contribution in [0.2, 0.25) is 0 Å². The highest BCUT2D eigenvalue weighted by molar-refractivity contribution is 5.68. The van der Waals surface area contributed by atoms with Crippen molar-refractivity contribution in [3.63, 3.8) is 0 Å². The number of amides is 1.